The van der Waals surface area contributed by atoms with Gasteiger partial charge in [0.15, 0.2) is 0 Å². The van der Waals surface area contributed by atoms with Crippen molar-refractivity contribution in [2.75, 3.05) is 0 Å². The monoisotopic (exact) mass is 865 g/mol. The van der Waals surface area contributed by atoms with Gasteiger partial charge in [0.25, 0.3) is 0 Å². The second kappa shape index (κ2) is 21.3. The lowest BCUT2D eigenvalue weighted by Gasteiger charge is -2.13. The fourth-order valence-corrected chi connectivity index (χ4v) is 8.86. The lowest BCUT2D eigenvalue weighted by molar-refractivity contribution is 1.18. The quantitative estimate of drug-likeness (QED) is 0.127. The van der Waals surface area contributed by atoms with E-state index >= 15 is 0 Å². The molecule has 0 aliphatic rings. The van der Waals surface area contributed by atoms with Crippen molar-refractivity contribution in [2.24, 2.45) is 0 Å². The van der Waals surface area contributed by atoms with E-state index in [4.69, 9.17) is 0 Å². The second-order valence-corrected chi connectivity index (χ2v) is 16.7. The second-order valence-electron chi connectivity index (χ2n) is 16.7. The average Bonchev–Trinajstić information content (AvgIpc) is 3.73. The third kappa shape index (κ3) is 9.98. The SMILES string of the molecule is C=C/C(C)=C(\C=C/C)c1cc(-c2ccc3c(c2)c2ccccc2n3-c2ccc(-c3ccccc3-c3ccccc3)cc2)ccc1C.CC.Cc1ccc(-c2ccc(-c3ccccc3)cc2)cc1. The zero-order chi connectivity index (χ0) is 46.7. The van der Waals surface area contributed by atoms with Crippen molar-refractivity contribution in [3.63, 3.8) is 0 Å². The van der Waals surface area contributed by atoms with Gasteiger partial charge in [0.1, 0.15) is 0 Å². The molecule has 0 aliphatic heterocycles. The molecule has 328 valence electrons. The Balaban J connectivity index is 0.000000241. The maximum absolute atomic E-state index is 4.03. The summed E-state index contributed by atoms with van der Waals surface area (Å²) in [6.07, 6.45) is 6.23. The van der Waals surface area contributed by atoms with E-state index in [1.165, 1.54) is 105 Å². The minimum Gasteiger partial charge on any atom is -0.309 e. The van der Waals surface area contributed by atoms with Crippen LogP contribution in [-0.2, 0) is 0 Å². The van der Waals surface area contributed by atoms with Crippen molar-refractivity contribution < 1.29 is 0 Å². The fourth-order valence-electron chi connectivity index (χ4n) is 8.86. The summed E-state index contributed by atoms with van der Waals surface area (Å²) in [6, 6.07) is 78.6. The normalized spacial score (nSPS) is 11.4. The van der Waals surface area contributed by atoms with Crippen LogP contribution < -0.4 is 0 Å². The molecule has 1 aromatic heterocycles. The summed E-state index contributed by atoms with van der Waals surface area (Å²) < 4.78 is 2.39. The number of allylic oxidation sites excluding steroid dienone is 5. The molecule has 1 heteroatoms. The molecule has 0 bridgehead atoms. The summed E-state index contributed by atoms with van der Waals surface area (Å²) in [6.45, 7) is 16.5. The summed E-state index contributed by atoms with van der Waals surface area (Å²) in [4.78, 5) is 0. The van der Waals surface area contributed by atoms with Gasteiger partial charge >= 0.3 is 0 Å². The molecule has 1 nitrogen and oxygen atoms in total. The number of nitrogens with zero attached hydrogens (tertiary/aromatic N) is 1. The van der Waals surface area contributed by atoms with Crippen LogP contribution in [0.15, 0.2) is 249 Å². The van der Waals surface area contributed by atoms with E-state index in [1.807, 2.05) is 26.0 Å². The highest BCUT2D eigenvalue weighted by molar-refractivity contribution is 6.10. The van der Waals surface area contributed by atoms with Crippen LogP contribution in [0.5, 0.6) is 0 Å². The molecule has 0 atom stereocenters. The predicted molar refractivity (Wildman–Crippen MR) is 293 cm³/mol. The maximum Gasteiger partial charge on any atom is 0.0541 e. The molecule has 0 N–H and O–H groups in total. The summed E-state index contributed by atoms with van der Waals surface area (Å²) in [5.41, 5.74) is 22.1. The zero-order valence-corrected chi connectivity index (χ0v) is 39.7. The van der Waals surface area contributed by atoms with Crippen LogP contribution in [0.1, 0.15) is 44.4 Å². The van der Waals surface area contributed by atoms with E-state index in [0.29, 0.717) is 0 Å². The molecule has 10 aromatic rings. The van der Waals surface area contributed by atoms with Gasteiger partial charge < -0.3 is 4.57 Å². The van der Waals surface area contributed by atoms with Gasteiger partial charge in [-0.05, 0) is 142 Å². The minimum absolute atomic E-state index is 1.15. The van der Waals surface area contributed by atoms with Gasteiger partial charge in [0.05, 0.1) is 11.0 Å². The van der Waals surface area contributed by atoms with Crippen LogP contribution >= 0.6 is 0 Å². The number of benzene rings is 9. The van der Waals surface area contributed by atoms with Crippen LogP contribution in [0.25, 0.3) is 88.7 Å². The molecule has 0 aliphatic carbocycles. The van der Waals surface area contributed by atoms with Crippen molar-refractivity contribution >= 4 is 27.4 Å². The fraction of sp³-hybridized carbons (Fsp3) is 0.0909. The van der Waals surface area contributed by atoms with Gasteiger partial charge in [-0.25, -0.2) is 0 Å². The highest BCUT2D eigenvalue weighted by Crippen LogP contribution is 2.38. The van der Waals surface area contributed by atoms with E-state index in [-0.39, 0.29) is 0 Å². The number of fused-ring (bicyclic) bond motifs is 3. The molecule has 9 aromatic carbocycles. The Labute approximate surface area is 398 Å². The minimum atomic E-state index is 1.15. The van der Waals surface area contributed by atoms with Crippen LogP contribution in [0, 0.1) is 13.8 Å². The lowest BCUT2D eigenvalue weighted by atomic mass is 9.92. The highest BCUT2D eigenvalue weighted by Gasteiger charge is 2.15. The molecule has 0 fully saturated rings. The molecular formula is C66H59N. The molecule has 0 saturated heterocycles. The van der Waals surface area contributed by atoms with Crippen molar-refractivity contribution in [3.8, 4) is 61.3 Å². The van der Waals surface area contributed by atoms with Crippen molar-refractivity contribution in [2.45, 2.75) is 41.5 Å². The number of hydrogen-bond acceptors (Lipinski definition) is 0. The van der Waals surface area contributed by atoms with Crippen LogP contribution in [0.4, 0.5) is 0 Å². The van der Waals surface area contributed by atoms with Gasteiger partial charge in [-0.1, -0.05) is 226 Å². The molecule has 1 heterocycles. The third-order valence-electron chi connectivity index (χ3n) is 12.4. The Hall–Kier alpha value is -8.00. The van der Waals surface area contributed by atoms with E-state index < -0.39 is 0 Å². The summed E-state index contributed by atoms with van der Waals surface area (Å²) in [5, 5.41) is 2.50. The number of aryl methyl sites for hydroxylation is 2. The van der Waals surface area contributed by atoms with Gasteiger partial charge in [0.2, 0.25) is 0 Å². The Kier molecular flexibility index (Phi) is 14.5. The molecule has 0 amide bonds. The zero-order valence-electron chi connectivity index (χ0n) is 39.7. The van der Waals surface area contributed by atoms with Crippen LogP contribution in [0.2, 0.25) is 0 Å². The van der Waals surface area contributed by atoms with Crippen LogP contribution in [-0.4, -0.2) is 4.57 Å². The van der Waals surface area contributed by atoms with Crippen molar-refractivity contribution in [1.82, 2.24) is 4.57 Å². The van der Waals surface area contributed by atoms with Gasteiger partial charge in [-0.15, -0.1) is 0 Å². The molecular weight excluding hydrogens is 807 g/mol. The molecule has 0 spiro atoms. The Morgan fingerprint density at radius 3 is 1.48 bits per heavy atom. The smallest absolute Gasteiger partial charge is 0.0541 e. The van der Waals surface area contributed by atoms with Gasteiger partial charge in [0, 0.05) is 16.5 Å². The summed E-state index contributed by atoms with van der Waals surface area (Å²) in [5.74, 6) is 0. The van der Waals surface area contributed by atoms with E-state index in [1.54, 1.807) is 0 Å². The first-order chi connectivity index (χ1) is 32.9. The Morgan fingerprint density at radius 1 is 0.433 bits per heavy atom. The maximum atomic E-state index is 4.03. The molecule has 0 saturated carbocycles. The Morgan fingerprint density at radius 2 is 0.881 bits per heavy atom. The first-order valence-corrected chi connectivity index (χ1v) is 23.5. The number of para-hydroxylation sites is 1. The van der Waals surface area contributed by atoms with Gasteiger partial charge in [-0.2, -0.15) is 0 Å². The van der Waals surface area contributed by atoms with Crippen molar-refractivity contribution in [1.29, 1.82) is 0 Å². The topological polar surface area (TPSA) is 4.93 Å². The summed E-state index contributed by atoms with van der Waals surface area (Å²) >= 11 is 0. The molecule has 0 unspecified atom stereocenters. The van der Waals surface area contributed by atoms with E-state index in [2.05, 4.69) is 263 Å². The highest BCUT2D eigenvalue weighted by atomic mass is 15.0. The molecule has 67 heavy (non-hydrogen) atoms. The summed E-state index contributed by atoms with van der Waals surface area (Å²) in [7, 11) is 0. The van der Waals surface area contributed by atoms with E-state index in [0.717, 1.165) is 5.69 Å². The Bertz CT molecular complexity index is 3310. The third-order valence-corrected chi connectivity index (χ3v) is 12.4. The first kappa shape index (κ1) is 45.6. The number of rotatable bonds is 9. The van der Waals surface area contributed by atoms with Gasteiger partial charge in [-0.3, -0.25) is 0 Å². The molecule has 10 rings (SSSR count). The van der Waals surface area contributed by atoms with Crippen molar-refractivity contribution in [3.05, 3.63) is 265 Å². The lowest BCUT2D eigenvalue weighted by Crippen LogP contribution is -1.94. The first-order valence-electron chi connectivity index (χ1n) is 23.5. The number of aromatic nitrogens is 1. The van der Waals surface area contributed by atoms with E-state index in [9.17, 15) is 0 Å². The number of hydrogen-bond donors (Lipinski definition) is 0. The average molecular weight is 866 g/mol. The molecule has 0 radical (unpaired) electrons. The predicted octanol–water partition coefficient (Wildman–Crippen LogP) is 19.0. The largest absolute Gasteiger partial charge is 0.309 e. The standard InChI is InChI=1S/C45H37N.C19H16.C2H6/c1-5-14-38(31(3)6-2)42-29-35(22-21-32(42)4)36-25-28-45-43(30-36)41-19-12-13-20-44(41)46(45)37-26-23-34(24-27-37)40-18-11-10-17-39(40)33-15-8-7-9-16-33;1-15-7-9-17(10-8-15)19-13-11-18(12-14-19)16-5-3-2-4-6-16;1-2/h5-30H,2H2,1,3-4H3;2-14H,1H3;1-2H3/b14-5-,38-31+;;. The van der Waals surface area contributed by atoms with Crippen LogP contribution in [0.3, 0.4) is 0 Å².